The van der Waals surface area contributed by atoms with Gasteiger partial charge in [0.2, 0.25) is 0 Å². The monoisotopic (exact) mass is 210 g/mol. The number of ether oxygens (including phenoxy) is 1. The Kier molecular flexibility index (Phi) is 5.07. The van der Waals surface area contributed by atoms with Crippen molar-refractivity contribution in [3.63, 3.8) is 0 Å². The molecule has 1 aliphatic rings. The summed E-state index contributed by atoms with van der Waals surface area (Å²) < 4.78 is 5.37. The minimum absolute atomic E-state index is 0.319. The van der Waals surface area contributed by atoms with E-state index in [0.717, 1.165) is 32.2 Å². The van der Waals surface area contributed by atoms with Crippen molar-refractivity contribution < 1.29 is 4.74 Å². The van der Waals surface area contributed by atoms with E-state index in [1.807, 2.05) is 0 Å². The Balaban J connectivity index is 2.26. The van der Waals surface area contributed by atoms with Crippen LogP contribution in [-0.4, -0.2) is 26.3 Å². The van der Waals surface area contributed by atoms with Gasteiger partial charge in [0, 0.05) is 32.7 Å². The summed E-state index contributed by atoms with van der Waals surface area (Å²) in [6, 6.07) is 2.15. The molecule has 1 fully saturated rings. The van der Waals surface area contributed by atoms with Crippen LogP contribution in [-0.2, 0) is 4.74 Å². The van der Waals surface area contributed by atoms with Crippen molar-refractivity contribution in [1.29, 1.82) is 5.26 Å². The van der Waals surface area contributed by atoms with Crippen molar-refractivity contribution in [2.24, 2.45) is 11.3 Å². The molecule has 0 unspecified atom stereocenters. The maximum atomic E-state index is 8.44. The van der Waals surface area contributed by atoms with Crippen molar-refractivity contribution in [2.45, 2.75) is 33.1 Å². The van der Waals surface area contributed by atoms with Gasteiger partial charge in [-0.05, 0) is 24.2 Å². The summed E-state index contributed by atoms with van der Waals surface area (Å²) in [4.78, 5) is 0. The van der Waals surface area contributed by atoms with E-state index in [0.29, 0.717) is 11.8 Å². The molecule has 0 aliphatic carbocycles. The topological polar surface area (TPSA) is 45.0 Å². The molecule has 1 N–H and O–H groups in total. The normalized spacial score (nSPS) is 18.7. The highest BCUT2D eigenvalue weighted by atomic mass is 16.5. The van der Waals surface area contributed by atoms with E-state index in [-0.39, 0.29) is 0 Å². The van der Waals surface area contributed by atoms with E-state index in [9.17, 15) is 0 Å². The Labute approximate surface area is 92.8 Å². The third-order valence-corrected chi connectivity index (χ3v) is 3.32. The SMILES string of the molecule is CC(C)(CNCCC#N)C1CCOCC1. The highest BCUT2D eigenvalue weighted by molar-refractivity contribution is 4.82. The van der Waals surface area contributed by atoms with E-state index in [1.165, 1.54) is 12.8 Å². The lowest BCUT2D eigenvalue weighted by atomic mass is 9.74. The van der Waals surface area contributed by atoms with Gasteiger partial charge < -0.3 is 10.1 Å². The Morgan fingerprint density at radius 3 is 2.67 bits per heavy atom. The van der Waals surface area contributed by atoms with Gasteiger partial charge >= 0.3 is 0 Å². The second kappa shape index (κ2) is 6.09. The quantitative estimate of drug-likeness (QED) is 0.705. The molecule has 0 atom stereocenters. The molecular weight excluding hydrogens is 188 g/mol. The van der Waals surface area contributed by atoms with Gasteiger partial charge in [-0.15, -0.1) is 0 Å². The van der Waals surface area contributed by atoms with Crippen LogP contribution in [0.2, 0.25) is 0 Å². The molecule has 0 amide bonds. The summed E-state index contributed by atoms with van der Waals surface area (Å²) >= 11 is 0. The highest BCUT2D eigenvalue weighted by Gasteiger charge is 2.30. The molecule has 0 aromatic heterocycles. The molecule has 0 saturated carbocycles. The molecule has 0 aromatic rings. The van der Waals surface area contributed by atoms with Gasteiger partial charge in [-0.25, -0.2) is 0 Å². The van der Waals surface area contributed by atoms with Gasteiger partial charge in [0.15, 0.2) is 0 Å². The Hall–Kier alpha value is -0.590. The number of nitriles is 1. The Morgan fingerprint density at radius 1 is 1.40 bits per heavy atom. The molecule has 15 heavy (non-hydrogen) atoms. The van der Waals surface area contributed by atoms with Gasteiger partial charge in [0.1, 0.15) is 0 Å². The zero-order valence-corrected chi connectivity index (χ0v) is 9.88. The first-order valence-corrected chi connectivity index (χ1v) is 5.82. The van der Waals surface area contributed by atoms with Crippen LogP contribution in [0, 0.1) is 22.7 Å². The first-order valence-electron chi connectivity index (χ1n) is 5.82. The fourth-order valence-corrected chi connectivity index (χ4v) is 2.18. The lowest BCUT2D eigenvalue weighted by Gasteiger charge is -2.37. The van der Waals surface area contributed by atoms with Crippen LogP contribution in [0.25, 0.3) is 0 Å². The van der Waals surface area contributed by atoms with Crippen LogP contribution in [0.3, 0.4) is 0 Å². The second-order valence-corrected chi connectivity index (χ2v) is 4.96. The van der Waals surface area contributed by atoms with E-state index in [2.05, 4.69) is 25.2 Å². The number of hydrogen-bond donors (Lipinski definition) is 1. The lowest BCUT2D eigenvalue weighted by Crippen LogP contribution is -2.38. The lowest BCUT2D eigenvalue weighted by molar-refractivity contribution is 0.0229. The van der Waals surface area contributed by atoms with Crippen LogP contribution < -0.4 is 5.32 Å². The molecule has 1 heterocycles. The van der Waals surface area contributed by atoms with E-state index < -0.39 is 0 Å². The fourth-order valence-electron chi connectivity index (χ4n) is 2.18. The van der Waals surface area contributed by atoms with Gasteiger partial charge in [0.05, 0.1) is 6.07 Å². The van der Waals surface area contributed by atoms with E-state index in [1.54, 1.807) is 0 Å². The summed E-state index contributed by atoms with van der Waals surface area (Å²) in [6.07, 6.45) is 2.95. The fraction of sp³-hybridized carbons (Fsp3) is 0.917. The van der Waals surface area contributed by atoms with E-state index in [4.69, 9.17) is 10.00 Å². The average molecular weight is 210 g/mol. The predicted octanol–water partition coefficient (Wildman–Crippen LogP) is 1.94. The first kappa shape index (κ1) is 12.5. The van der Waals surface area contributed by atoms with Crippen LogP contribution >= 0.6 is 0 Å². The van der Waals surface area contributed by atoms with Gasteiger partial charge in [-0.2, -0.15) is 5.26 Å². The minimum Gasteiger partial charge on any atom is -0.381 e. The molecule has 3 nitrogen and oxygen atoms in total. The second-order valence-electron chi connectivity index (χ2n) is 4.96. The van der Waals surface area contributed by atoms with Crippen molar-refractivity contribution in [2.75, 3.05) is 26.3 Å². The zero-order chi connectivity index (χ0) is 11.1. The van der Waals surface area contributed by atoms with Gasteiger partial charge in [-0.1, -0.05) is 13.8 Å². The first-order chi connectivity index (χ1) is 7.17. The van der Waals surface area contributed by atoms with Crippen LogP contribution in [0.4, 0.5) is 0 Å². The van der Waals surface area contributed by atoms with E-state index >= 15 is 0 Å². The third kappa shape index (κ3) is 4.19. The molecular formula is C12H22N2O. The van der Waals surface area contributed by atoms with Crippen LogP contribution in [0.5, 0.6) is 0 Å². The van der Waals surface area contributed by atoms with Crippen molar-refractivity contribution >= 4 is 0 Å². The molecule has 1 rings (SSSR count). The zero-order valence-electron chi connectivity index (χ0n) is 9.88. The molecule has 0 aromatic carbocycles. The largest absolute Gasteiger partial charge is 0.381 e. The molecule has 0 spiro atoms. The predicted molar refractivity (Wildman–Crippen MR) is 60.4 cm³/mol. The number of hydrogen-bond acceptors (Lipinski definition) is 3. The maximum Gasteiger partial charge on any atom is 0.0635 e. The Bertz CT molecular complexity index is 214. The summed E-state index contributed by atoms with van der Waals surface area (Å²) in [7, 11) is 0. The van der Waals surface area contributed by atoms with Crippen molar-refractivity contribution in [1.82, 2.24) is 5.32 Å². The summed E-state index contributed by atoms with van der Waals surface area (Å²) in [5.74, 6) is 0.751. The molecule has 1 aliphatic heterocycles. The van der Waals surface area contributed by atoms with Crippen LogP contribution in [0.1, 0.15) is 33.1 Å². The minimum atomic E-state index is 0.319. The molecule has 0 bridgehead atoms. The highest BCUT2D eigenvalue weighted by Crippen LogP contribution is 2.33. The van der Waals surface area contributed by atoms with Gasteiger partial charge in [-0.3, -0.25) is 0 Å². The smallest absolute Gasteiger partial charge is 0.0635 e. The van der Waals surface area contributed by atoms with Crippen molar-refractivity contribution in [3.05, 3.63) is 0 Å². The average Bonchev–Trinajstić information content (AvgIpc) is 2.26. The number of nitrogens with zero attached hydrogens (tertiary/aromatic N) is 1. The molecule has 0 radical (unpaired) electrons. The molecule has 3 heteroatoms. The summed E-state index contributed by atoms with van der Waals surface area (Å²) in [6.45, 7) is 8.24. The number of nitrogens with one attached hydrogen (secondary N) is 1. The molecule has 86 valence electrons. The Morgan fingerprint density at radius 2 is 2.07 bits per heavy atom. The number of rotatable bonds is 5. The maximum absolute atomic E-state index is 8.44. The van der Waals surface area contributed by atoms with Crippen molar-refractivity contribution in [3.8, 4) is 6.07 Å². The summed E-state index contributed by atoms with van der Waals surface area (Å²) in [5, 5.41) is 11.8. The van der Waals surface area contributed by atoms with Crippen LogP contribution in [0.15, 0.2) is 0 Å². The molecule has 1 saturated heterocycles. The summed E-state index contributed by atoms with van der Waals surface area (Å²) in [5.41, 5.74) is 0.319. The third-order valence-electron chi connectivity index (χ3n) is 3.32. The standard InChI is InChI=1S/C12H22N2O/c1-12(2,10-14-7-3-6-13)11-4-8-15-9-5-11/h11,14H,3-5,7-10H2,1-2H3. The van der Waals surface area contributed by atoms with Gasteiger partial charge in [0.25, 0.3) is 0 Å².